The Kier molecular flexibility index (Phi) is 4.93. The molecule has 0 saturated carbocycles. The number of hydrogen-bond donors (Lipinski definition) is 0. The molecule has 2 unspecified atom stereocenters. The van der Waals surface area contributed by atoms with Gasteiger partial charge in [-0.15, -0.1) is 0 Å². The second-order valence-corrected chi connectivity index (χ2v) is 9.39. The zero-order valence-electron chi connectivity index (χ0n) is 17.2. The van der Waals surface area contributed by atoms with Crippen molar-refractivity contribution in [3.8, 4) is 0 Å². The topological polar surface area (TPSA) is 62.7 Å². The summed E-state index contributed by atoms with van der Waals surface area (Å²) in [6.45, 7) is 8.52. The minimum absolute atomic E-state index is 0.00895. The first kappa shape index (κ1) is 20.0. The van der Waals surface area contributed by atoms with Crippen LogP contribution in [0.1, 0.15) is 49.7 Å². The summed E-state index contributed by atoms with van der Waals surface area (Å²) in [5.41, 5.74) is 1.63. The zero-order chi connectivity index (χ0) is 20.9. The average molecular weight is 416 g/mol. The van der Waals surface area contributed by atoms with E-state index in [-0.39, 0.29) is 24.1 Å². The number of likely N-dealkylation sites (tertiary alicyclic amines) is 1. The van der Waals surface area contributed by atoms with Crippen LogP contribution in [-0.4, -0.2) is 57.6 Å². The molecule has 2 amide bonds. The smallest absolute Gasteiger partial charge is 0.410 e. The molecular formula is C22H26ClN3O3. The molecule has 0 radical (unpaired) electrons. The number of fused-ring (bicyclic) bond motifs is 3. The summed E-state index contributed by atoms with van der Waals surface area (Å²) >= 11 is 6.17. The van der Waals surface area contributed by atoms with Gasteiger partial charge in [0, 0.05) is 29.2 Å². The fraction of sp³-hybridized carbons (Fsp3) is 0.500. The number of aromatic nitrogens is 1. The molecule has 2 atom stereocenters. The lowest BCUT2D eigenvalue weighted by Gasteiger charge is -2.41. The Morgan fingerprint density at radius 1 is 1.14 bits per heavy atom. The van der Waals surface area contributed by atoms with Gasteiger partial charge < -0.3 is 9.64 Å². The van der Waals surface area contributed by atoms with Gasteiger partial charge in [-0.2, -0.15) is 0 Å². The highest BCUT2D eigenvalue weighted by Gasteiger charge is 2.45. The second kappa shape index (κ2) is 7.17. The fourth-order valence-corrected chi connectivity index (χ4v) is 4.53. The summed E-state index contributed by atoms with van der Waals surface area (Å²) in [7, 11) is 0. The fourth-order valence-electron chi connectivity index (χ4n) is 4.36. The molecule has 2 bridgehead atoms. The zero-order valence-corrected chi connectivity index (χ0v) is 18.0. The number of hydrogen-bond acceptors (Lipinski definition) is 4. The minimum atomic E-state index is -0.532. The maximum absolute atomic E-state index is 13.4. The first-order chi connectivity index (χ1) is 13.6. The van der Waals surface area contributed by atoms with Crippen LogP contribution in [0.15, 0.2) is 24.3 Å². The summed E-state index contributed by atoms with van der Waals surface area (Å²) in [4.78, 5) is 34.3. The molecule has 4 rings (SSSR count). The van der Waals surface area contributed by atoms with Crippen molar-refractivity contribution in [1.82, 2.24) is 14.8 Å². The Morgan fingerprint density at radius 2 is 1.79 bits per heavy atom. The van der Waals surface area contributed by atoms with Gasteiger partial charge in [-0.25, -0.2) is 4.79 Å². The highest BCUT2D eigenvalue weighted by molar-refractivity contribution is 6.31. The Labute approximate surface area is 175 Å². The molecule has 2 aromatic rings. The number of carbonyl (C=O) groups excluding carboxylic acids is 2. The van der Waals surface area contributed by atoms with Gasteiger partial charge in [0.15, 0.2) is 0 Å². The van der Waals surface area contributed by atoms with E-state index in [1.165, 1.54) is 0 Å². The molecule has 2 fully saturated rings. The molecule has 6 nitrogen and oxygen atoms in total. The van der Waals surface area contributed by atoms with Crippen LogP contribution in [0.2, 0.25) is 5.02 Å². The van der Waals surface area contributed by atoms with Gasteiger partial charge in [0.25, 0.3) is 5.91 Å². The number of amides is 2. The molecular weight excluding hydrogens is 390 g/mol. The number of pyridine rings is 1. The van der Waals surface area contributed by atoms with Crippen LogP contribution >= 0.6 is 11.6 Å². The van der Waals surface area contributed by atoms with E-state index in [9.17, 15) is 9.59 Å². The van der Waals surface area contributed by atoms with Crippen LogP contribution in [0.25, 0.3) is 10.9 Å². The van der Waals surface area contributed by atoms with Crippen LogP contribution in [0.3, 0.4) is 0 Å². The van der Waals surface area contributed by atoms with Crippen molar-refractivity contribution < 1.29 is 14.3 Å². The third-order valence-electron chi connectivity index (χ3n) is 5.50. The summed E-state index contributed by atoms with van der Waals surface area (Å²) in [5.74, 6) is -0.0384. The summed E-state index contributed by atoms with van der Waals surface area (Å²) in [6.07, 6.45) is 1.49. The van der Waals surface area contributed by atoms with Gasteiger partial charge in [-0.05, 0) is 64.8 Å². The lowest BCUT2D eigenvalue weighted by atomic mass is 10.0. The Bertz CT molecular complexity index is 971. The quantitative estimate of drug-likeness (QED) is 0.691. The van der Waals surface area contributed by atoms with Gasteiger partial charge in [0.1, 0.15) is 5.60 Å². The number of piperazine rings is 1. The number of aryl methyl sites for hydroxylation is 1. The van der Waals surface area contributed by atoms with E-state index >= 15 is 0 Å². The molecule has 154 valence electrons. The Balaban J connectivity index is 1.59. The molecule has 0 N–H and O–H groups in total. The van der Waals surface area contributed by atoms with E-state index in [4.69, 9.17) is 16.3 Å². The van der Waals surface area contributed by atoms with Crippen molar-refractivity contribution in [2.45, 2.75) is 58.2 Å². The third kappa shape index (κ3) is 3.90. The monoisotopic (exact) mass is 415 g/mol. The van der Waals surface area contributed by atoms with E-state index in [2.05, 4.69) is 4.98 Å². The van der Waals surface area contributed by atoms with Gasteiger partial charge in [0.2, 0.25) is 0 Å². The lowest BCUT2D eigenvalue weighted by molar-refractivity contribution is -0.00332. The number of benzene rings is 1. The van der Waals surface area contributed by atoms with Gasteiger partial charge in [0.05, 0.1) is 23.2 Å². The number of carbonyl (C=O) groups is 2. The van der Waals surface area contributed by atoms with Gasteiger partial charge in [-0.3, -0.25) is 14.7 Å². The summed E-state index contributed by atoms with van der Waals surface area (Å²) < 4.78 is 5.59. The highest BCUT2D eigenvalue weighted by Crippen LogP contribution is 2.33. The molecule has 2 aliphatic heterocycles. The molecule has 2 saturated heterocycles. The molecule has 3 heterocycles. The van der Waals surface area contributed by atoms with E-state index in [0.717, 1.165) is 29.4 Å². The second-order valence-electron chi connectivity index (χ2n) is 8.96. The SMILES string of the molecule is Cc1cc(C(=O)N2CC3CCC(C2)N3C(=O)OC(C)(C)C)c2cc(Cl)ccc2n1. The number of rotatable bonds is 1. The molecule has 2 aliphatic rings. The molecule has 29 heavy (non-hydrogen) atoms. The molecule has 7 heteroatoms. The largest absolute Gasteiger partial charge is 0.444 e. The van der Waals surface area contributed by atoms with Crippen molar-refractivity contribution in [2.24, 2.45) is 0 Å². The minimum Gasteiger partial charge on any atom is -0.444 e. The first-order valence-corrected chi connectivity index (χ1v) is 10.4. The third-order valence-corrected chi connectivity index (χ3v) is 5.74. The van der Waals surface area contributed by atoms with E-state index in [1.807, 2.05) is 49.6 Å². The van der Waals surface area contributed by atoms with Gasteiger partial charge in [-0.1, -0.05) is 11.6 Å². The highest BCUT2D eigenvalue weighted by atomic mass is 35.5. The van der Waals surface area contributed by atoms with Crippen LogP contribution in [0.5, 0.6) is 0 Å². The number of ether oxygens (including phenoxy) is 1. The molecule has 1 aromatic heterocycles. The summed E-state index contributed by atoms with van der Waals surface area (Å²) in [6, 6.07) is 7.22. The predicted molar refractivity (Wildman–Crippen MR) is 112 cm³/mol. The van der Waals surface area contributed by atoms with Gasteiger partial charge >= 0.3 is 6.09 Å². The van der Waals surface area contributed by atoms with Crippen molar-refractivity contribution in [1.29, 1.82) is 0 Å². The maximum atomic E-state index is 13.4. The Hall–Kier alpha value is -2.34. The van der Waals surface area contributed by atoms with Crippen LogP contribution in [0.4, 0.5) is 4.79 Å². The normalized spacial score (nSPS) is 21.6. The average Bonchev–Trinajstić information content (AvgIpc) is 2.89. The Morgan fingerprint density at radius 3 is 2.41 bits per heavy atom. The number of halogens is 1. The van der Waals surface area contributed by atoms with E-state index in [1.54, 1.807) is 12.1 Å². The van der Waals surface area contributed by atoms with Crippen LogP contribution < -0.4 is 0 Å². The summed E-state index contributed by atoms with van der Waals surface area (Å²) in [5, 5.41) is 1.34. The first-order valence-electron chi connectivity index (χ1n) is 10.00. The van der Waals surface area contributed by atoms with E-state index < -0.39 is 5.60 Å². The van der Waals surface area contributed by atoms with Crippen molar-refractivity contribution in [3.05, 3.63) is 40.5 Å². The van der Waals surface area contributed by atoms with E-state index in [0.29, 0.717) is 23.7 Å². The lowest BCUT2D eigenvalue weighted by Crippen LogP contribution is -2.57. The number of nitrogens with zero attached hydrogens (tertiary/aromatic N) is 3. The van der Waals surface area contributed by atoms with Crippen LogP contribution in [-0.2, 0) is 4.74 Å². The standard InChI is InChI=1S/C22H26ClN3O3/c1-13-9-18(17-10-14(23)5-8-19(17)24-13)20(27)25-11-15-6-7-16(12-25)26(15)21(28)29-22(2,3)4/h5,8-10,15-16H,6-7,11-12H2,1-4H3. The van der Waals surface area contributed by atoms with Crippen molar-refractivity contribution in [3.63, 3.8) is 0 Å². The molecule has 1 aromatic carbocycles. The predicted octanol–water partition coefficient (Wildman–Crippen LogP) is 4.42. The molecule has 0 spiro atoms. The maximum Gasteiger partial charge on any atom is 0.410 e. The van der Waals surface area contributed by atoms with Crippen molar-refractivity contribution >= 4 is 34.5 Å². The van der Waals surface area contributed by atoms with Crippen LogP contribution in [0, 0.1) is 6.92 Å². The van der Waals surface area contributed by atoms with Crippen molar-refractivity contribution in [2.75, 3.05) is 13.1 Å². The molecule has 0 aliphatic carbocycles.